The van der Waals surface area contributed by atoms with Crippen molar-refractivity contribution in [2.45, 2.75) is 26.0 Å². The molecule has 1 saturated heterocycles. The number of anilines is 1. The fourth-order valence-electron chi connectivity index (χ4n) is 2.20. The molecular weight excluding hydrogens is 219 g/mol. The Hall–Kier alpha value is -1.13. The quantitative estimate of drug-likeness (QED) is 0.820. The Morgan fingerprint density at radius 3 is 2.88 bits per heavy atom. The van der Waals surface area contributed by atoms with Gasteiger partial charge in [-0.3, -0.25) is 0 Å². The van der Waals surface area contributed by atoms with Gasteiger partial charge in [0.2, 0.25) is 0 Å². The first-order valence-corrected chi connectivity index (χ1v) is 6.03. The second kappa shape index (κ2) is 5.02. The minimum absolute atomic E-state index is 0.255. The highest BCUT2D eigenvalue weighted by atomic mass is 19.1. The molecule has 0 bridgehead atoms. The van der Waals surface area contributed by atoms with Crippen LogP contribution in [0.5, 0.6) is 0 Å². The Kier molecular flexibility index (Phi) is 3.64. The van der Waals surface area contributed by atoms with Gasteiger partial charge in [0.1, 0.15) is 5.82 Å². The van der Waals surface area contributed by atoms with Crippen molar-refractivity contribution < 1.29 is 9.50 Å². The van der Waals surface area contributed by atoms with E-state index in [1.54, 1.807) is 6.07 Å². The lowest BCUT2D eigenvalue weighted by Crippen LogP contribution is -2.43. The fourth-order valence-corrected chi connectivity index (χ4v) is 2.20. The van der Waals surface area contributed by atoms with E-state index in [1.165, 1.54) is 6.07 Å². The van der Waals surface area contributed by atoms with Gasteiger partial charge in [0.05, 0.1) is 11.8 Å². The summed E-state index contributed by atoms with van der Waals surface area (Å²) < 4.78 is 13.9. The molecule has 2 rings (SSSR count). The number of hydrogen-bond acceptors (Lipinski definition) is 3. The van der Waals surface area contributed by atoms with Crippen LogP contribution in [0.2, 0.25) is 0 Å². The maximum absolute atomic E-state index is 13.9. The van der Waals surface area contributed by atoms with Crippen molar-refractivity contribution in [3.63, 3.8) is 0 Å². The molecule has 0 saturated carbocycles. The average Bonchev–Trinajstić information content (AvgIpc) is 2.32. The van der Waals surface area contributed by atoms with Crippen LogP contribution in [0.3, 0.4) is 0 Å². The molecule has 0 radical (unpaired) electrons. The molecule has 3 nitrogen and oxygen atoms in total. The standard InChI is InChI=1S/C13H19FN2O/c1-9-4-5-16(8-13(9)17)12-3-2-10(7-15)6-11(12)14/h2-3,6,9,13,17H,4-5,7-8,15H2,1H3. The molecule has 3 N–H and O–H groups in total. The summed E-state index contributed by atoms with van der Waals surface area (Å²) in [6.45, 7) is 3.66. The van der Waals surface area contributed by atoms with Crippen molar-refractivity contribution in [1.82, 2.24) is 0 Å². The van der Waals surface area contributed by atoms with Crippen LogP contribution in [-0.2, 0) is 6.54 Å². The molecule has 0 amide bonds. The van der Waals surface area contributed by atoms with Crippen LogP contribution in [-0.4, -0.2) is 24.3 Å². The molecule has 0 aromatic heterocycles. The number of β-amino-alcohol motifs (C(OH)–C–C–N with tert-alkyl or cyclic N) is 1. The molecule has 0 aliphatic carbocycles. The van der Waals surface area contributed by atoms with Crippen LogP contribution in [0, 0.1) is 11.7 Å². The van der Waals surface area contributed by atoms with E-state index in [1.807, 2.05) is 17.9 Å². The van der Waals surface area contributed by atoms with Crippen molar-refractivity contribution in [2.75, 3.05) is 18.0 Å². The summed E-state index contributed by atoms with van der Waals surface area (Å²) in [5.41, 5.74) is 6.82. The molecule has 17 heavy (non-hydrogen) atoms. The first kappa shape index (κ1) is 12.3. The van der Waals surface area contributed by atoms with Crippen molar-refractivity contribution in [1.29, 1.82) is 0 Å². The number of rotatable bonds is 2. The van der Waals surface area contributed by atoms with Crippen molar-refractivity contribution >= 4 is 5.69 Å². The Morgan fingerprint density at radius 1 is 1.53 bits per heavy atom. The van der Waals surface area contributed by atoms with Crippen LogP contribution in [0.25, 0.3) is 0 Å². The summed E-state index contributed by atoms with van der Waals surface area (Å²) in [4.78, 5) is 1.90. The van der Waals surface area contributed by atoms with Crippen molar-refractivity contribution in [2.24, 2.45) is 11.7 Å². The summed E-state index contributed by atoms with van der Waals surface area (Å²) in [6, 6.07) is 5.06. The van der Waals surface area contributed by atoms with Gasteiger partial charge in [-0.05, 0) is 30.0 Å². The van der Waals surface area contributed by atoms with Crippen molar-refractivity contribution in [3.8, 4) is 0 Å². The summed E-state index contributed by atoms with van der Waals surface area (Å²) in [6.07, 6.45) is 0.511. The van der Waals surface area contributed by atoms with Crippen LogP contribution in [0.1, 0.15) is 18.9 Å². The van der Waals surface area contributed by atoms with Crippen LogP contribution < -0.4 is 10.6 Å². The predicted molar refractivity (Wildman–Crippen MR) is 66.3 cm³/mol. The number of benzene rings is 1. The van der Waals surface area contributed by atoms with Crippen LogP contribution in [0.15, 0.2) is 18.2 Å². The highest BCUT2D eigenvalue weighted by Crippen LogP contribution is 2.26. The third-order valence-corrected chi connectivity index (χ3v) is 3.51. The van der Waals surface area contributed by atoms with Gasteiger partial charge in [0.25, 0.3) is 0 Å². The lowest BCUT2D eigenvalue weighted by molar-refractivity contribution is 0.102. The van der Waals surface area contributed by atoms with Crippen LogP contribution >= 0.6 is 0 Å². The second-order valence-electron chi connectivity index (χ2n) is 4.77. The molecule has 1 aliphatic rings. The van der Waals surface area contributed by atoms with E-state index in [-0.39, 0.29) is 17.8 Å². The molecular formula is C13H19FN2O. The molecule has 1 aromatic rings. The molecule has 1 heterocycles. The number of aliphatic hydroxyl groups excluding tert-OH is 1. The van der Waals surface area contributed by atoms with E-state index < -0.39 is 0 Å². The lowest BCUT2D eigenvalue weighted by Gasteiger charge is -2.36. The zero-order valence-electron chi connectivity index (χ0n) is 10.1. The van der Waals surface area contributed by atoms with Crippen molar-refractivity contribution in [3.05, 3.63) is 29.6 Å². The minimum Gasteiger partial charge on any atom is -0.391 e. The van der Waals surface area contributed by atoms with Gasteiger partial charge >= 0.3 is 0 Å². The van der Waals surface area contributed by atoms with Gasteiger partial charge in [-0.2, -0.15) is 0 Å². The van der Waals surface area contributed by atoms with E-state index in [2.05, 4.69) is 0 Å². The first-order chi connectivity index (χ1) is 8.11. The van der Waals surface area contributed by atoms with E-state index in [0.717, 1.165) is 18.5 Å². The van der Waals surface area contributed by atoms with E-state index in [9.17, 15) is 9.50 Å². The maximum atomic E-state index is 13.9. The molecule has 2 unspecified atom stereocenters. The topological polar surface area (TPSA) is 49.5 Å². The van der Waals surface area contributed by atoms with Crippen LogP contribution in [0.4, 0.5) is 10.1 Å². The number of aliphatic hydroxyl groups is 1. The molecule has 94 valence electrons. The van der Waals surface area contributed by atoms with E-state index >= 15 is 0 Å². The molecule has 1 aliphatic heterocycles. The largest absolute Gasteiger partial charge is 0.391 e. The predicted octanol–water partition coefficient (Wildman–Crippen LogP) is 1.49. The van der Waals surface area contributed by atoms with E-state index in [0.29, 0.717) is 18.8 Å². The summed E-state index contributed by atoms with van der Waals surface area (Å²) in [7, 11) is 0. The number of piperidine rings is 1. The minimum atomic E-state index is -0.377. The Balaban J connectivity index is 2.17. The molecule has 0 spiro atoms. The second-order valence-corrected chi connectivity index (χ2v) is 4.77. The number of hydrogen-bond donors (Lipinski definition) is 2. The number of halogens is 1. The molecule has 1 aromatic carbocycles. The normalized spacial score (nSPS) is 25.1. The smallest absolute Gasteiger partial charge is 0.146 e. The summed E-state index contributed by atoms with van der Waals surface area (Å²) >= 11 is 0. The Bertz CT molecular complexity index is 397. The monoisotopic (exact) mass is 238 g/mol. The molecule has 2 atom stereocenters. The van der Waals surface area contributed by atoms with Gasteiger partial charge in [-0.25, -0.2) is 4.39 Å². The summed E-state index contributed by atoms with van der Waals surface area (Å²) in [5.74, 6) is 0.0346. The van der Waals surface area contributed by atoms with Gasteiger partial charge in [-0.15, -0.1) is 0 Å². The zero-order chi connectivity index (χ0) is 12.4. The average molecular weight is 238 g/mol. The number of nitrogens with zero attached hydrogens (tertiary/aromatic N) is 1. The van der Waals surface area contributed by atoms with E-state index in [4.69, 9.17) is 5.73 Å². The highest BCUT2D eigenvalue weighted by molar-refractivity contribution is 5.49. The highest BCUT2D eigenvalue weighted by Gasteiger charge is 2.25. The molecule has 4 heteroatoms. The lowest BCUT2D eigenvalue weighted by atomic mass is 9.95. The van der Waals surface area contributed by atoms with Gasteiger partial charge in [0.15, 0.2) is 0 Å². The van der Waals surface area contributed by atoms with Gasteiger partial charge in [0, 0.05) is 19.6 Å². The van der Waals surface area contributed by atoms with Gasteiger partial charge in [-0.1, -0.05) is 13.0 Å². The SMILES string of the molecule is CC1CCN(c2ccc(CN)cc2F)CC1O. The summed E-state index contributed by atoms with van der Waals surface area (Å²) in [5, 5.41) is 9.82. The fraction of sp³-hybridized carbons (Fsp3) is 0.538. The Labute approximate surface area is 101 Å². The molecule has 1 fully saturated rings. The van der Waals surface area contributed by atoms with Gasteiger partial charge < -0.3 is 15.7 Å². The zero-order valence-corrected chi connectivity index (χ0v) is 10.1. The number of nitrogens with two attached hydrogens (primary N) is 1. The first-order valence-electron chi connectivity index (χ1n) is 6.03. The maximum Gasteiger partial charge on any atom is 0.146 e. The Morgan fingerprint density at radius 2 is 2.29 bits per heavy atom. The third kappa shape index (κ3) is 2.58. The third-order valence-electron chi connectivity index (χ3n) is 3.51.